The lowest BCUT2D eigenvalue weighted by atomic mass is 10.0. The van der Waals surface area contributed by atoms with Crippen LogP contribution in [0.3, 0.4) is 0 Å². The molecule has 1 aliphatic rings. The van der Waals surface area contributed by atoms with Crippen molar-refractivity contribution in [2.24, 2.45) is 5.73 Å². The lowest BCUT2D eigenvalue weighted by Crippen LogP contribution is -2.55. The van der Waals surface area contributed by atoms with Crippen LogP contribution in [0.2, 0.25) is 0 Å². The normalized spacial score (nSPS) is 22.4. The number of morpholine rings is 1. The summed E-state index contributed by atoms with van der Waals surface area (Å²) in [7, 11) is 0. The Kier molecular flexibility index (Phi) is 4.51. The fourth-order valence-corrected chi connectivity index (χ4v) is 2.80. The van der Waals surface area contributed by atoms with Crippen molar-refractivity contribution in [1.29, 1.82) is 0 Å². The Bertz CT molecular complexity index is 522. The molecule has 2 heterocycles. The molecule has 0 spiro atoms. The van der Waals surface area contributed by atoms with Crippen LogP contribution in [0.25, 0.3) is 0 Å². The fraction of sp³-hybridized carbons (Fsp3) is 0.615. The van der Waals surface area contributed by atoms with Gasteiger partial charge < -0.3 is 15.4 Å². The molecule has 1 saturated heterocycles. The maximum atomic E-state index is 13.2. The summed E-state index contributed by atoms with van der Waals surface area (Å²) in [6, 6.07) is 1.04. The fourth-order valence-electron chi connectivity index (χ4n) is 2.47. The van der Waals surface area contributed by atoms with E-state index < -0.39 is 17.3 Å². The summed E-state index contributed by atoms with van der Waals surface area (Å²) in [5, 5.41) is 0. The van der Waals surface area contributed by atoms with Crippen molar-refractivity contribution in [3.63, 3.8) is 0 Å². The zero-order valence-corrected chi connectivity index (χ0v) is 13.3. The van der Waals surface area contributed by atoms with E-state index in [9.17, 15) is 13.2 Å². The largest absolute Gasteiger partial charge is 0.419 e. The van der Waals surface area contributed by atoms with Gasteiger partial charge in [-0.15, -0.1) is 0 Å². The van der Waals surface area contributed by atoms with Gasteiger partial charge in [0.1, 0.15) is 5.82 Å². The summed E-state index contributed by atoms with van der Waals surface area (Å²) in [6.07, 6.45) is -3.42. The highest BCUT2D eigenvalue weighted by Crippen LogP contribution is 2.38. The minimum Gasteiger partial charge on any atom is -0.367 e. The molecule has 0 bridgehead atoms. The molecule has 4 nitrogen and oxygen atoms in total. The van der Waals surface area contributed by atoms with Crippen LogP contribution in [-0.4, -0.2) is 36.3 Å². The average molecular weight is 368 g/mol. The molecule has 0 saturated carbocycles. The van der Waals surface area contributed by atoms with Crippen molar-refractivity contribution in [1.82, 2.24) is 4.98 Å². The van der Waals surface area contributed by atoms with Gasteiger partial charge in [0.05, 0.1) is 17.3 Å². The summed E-state index contributed by atoms with van der Waals surface area (Å²) in [5.41, 5.74) is 4.27. The van der Waals surface area contributed by atoms with E-state index in [0.717, 1.165) is 6.07 Å². The standard InChI is InChI=1S/C13H17BrF3N3O/c1-12(2)7-20(6-9(4-18)21-12)11-10(13(15,16)17)3-8(14)5-19-11/h3,5,9H,4,6-7,18H2,1-2H3. The smallest absolute Gasteiger partial charge is 0.367 e. The highest BCUT2D eigenvalue weighted by Gasteiger charge is 2.40. The summed E-state index contributed by atoms with van der Waals surface area (Å²) in [5.74, 6) is -0.0828. The molecule has 2 N–H and O–H groups in total. The second-order valence-electron chi connectivity index (χ2n) is 5.64. The number of halogens is 4. The third-order valence-electron chi connectivity index (χ3n) is 3.18. The molecule has 1 atom stereocenters. The molecule has 0 aromatic carbocycles. The molecule has 0 amide bonds. The number of nitrogens with two attached hydrogens (primary N) is 1. The molecule has 2 rings (SSSR count). The molecular formula is C13H17BrF3N3O. The second-order valence-corrected chi connectivity index (χ2v) is 6.55. The van der Waals surface area contributed by atoms with E-state index in [1.807, 2.05) is 13.8 Å². The quantitative estimate of drug-likeness (QED) is 0.873. The Labute approximate surface area is 129 Å². The van der Waals surface area contributed by atoms with E-state index in [2.05, 4.69) is 20.9 Å². The van der Waals surface area contributed by atoms with Crippen LogP contribution < -0.4 is 10.6 Å². The topological polar surface area (TPSA) is 51.4 Å². The Hall–Kier alpha value is -0.860. The van der Waals surface area contributed by atoms with Gasteiger partial charge in [0.2, 0.25) is 0 Å². The maximum absolute atomic E-state index is 13.2. The minimum absolute atomic E-state index is 0.0828. The number of hydrogen-bond donors (Lipinski definition) is 1. The second kappa shape index (κ2) is 5.73. The van der Waals surface area contributed by atoms with E-state index in [1.165, 1.54) is 6.20 Å². The Morgan fingerprint density at radius 3 is 2.76 bits per heavy atom. The van der Waals surface area contributed by atoms with Crippen molar-refractivity contribution in [2.75, 3.05) is 24.5 Å². The zero-order valence-electron chi connectivity index (χ0n) is 11.7. The van der Waals surface area contributed by atoms with Gasteiger partial charge in [0.15, 0.2) is 0 Å². The number of alkyl halides is 3. The molecule has 1 unspecified atom stereocenters. The number of anilines is 1. The number of hydrogen-bond acceptors (Lipinski definition) is 4. The maximum Gasteiger partial charge on any atom is 0.419 e. The van der Waals surface area contributed by atoms with Gasteiger partial charge in [0, 0.05) is 30.3 Å². The number of rotatable bonds is 2. The number of nitrogens with zero attached hydrogens (tertiary/aromatic N) is 2. The lowest BCUT2D eigenvalue weighted by molar-refractivity contribution is -0.137. The van der Waals surface area contributed by atoms with Crippen LogP contribution in [0.5, 0.6) is 0 Å². The third-order valence-corrected chi connectivity index (χ3v) is 3.62. The lowest BCUT2D eigenvalue weighted by Gasteiger charge is -2.43. The van der Waals surface area contributed by atoms with E-state index in [0.29, 0.717) is 11.0 Å². The monoisotopic (exact) mass is 367 g/mol. The molecule has 1 aromatic heterocycles. The van der Waals surface area contributed by atoms with Crippen molar-refractivity contribution >= 4 is 21.7 Å². The molecule has 118 valence electrons. The van der Waals surface area contributed by atoms with Gasteiger partial charge >= 0.3 is 6.18 Å². The summed E-state index contributed by atoms with van der Waals surface area (Å²) < 4.78 is 45.7. The molecule has 21 heavy (non-hydrogen) atoms. The molecule has 1 aliphatic heterocycles. The van der Waals surface area contributed by atoms with Crippen molar-refractivity contribution in [3.8, 4) is 0 Å². The Morgan fingerprint density at radius 2 is 2.19 bits per heavy atom. The third kappa shape index (κ3) is 3.87. The Balaban J connectivity index is 2.41. The van der Waals surface area contributed by atoms with E-state index >= 15 is 0 Å². The molecule has 0 radical (unpaired) electrons. The van der Waals surface area contributed by atoms with Crippen LogP contribution in [0.15, 0.2) is 16.7 Å². The molecule has 1 aromatic rings. The first-order valence-corrected chi connectivity index (χ1v) is 7.27. The van der Waals surface area contributed by atoms with Crippen molar-refractivity contribution in [2.45, 2.75) is 31.7 Å². The van der Waals surface area contributed by atoms with E-state index in [1.54, 1.807) is 4.90 Å². The van der Waals surface area contributed by atoms with Crippen LogP contribution in [0, 0.1) is 0 Å². The number of aromatic nitrogens is 1. The molecule has 1 fully saturated rings. The molecule has 8 heteroatoms. The van der Waals surface area contributed by atoms with Gasteiger partial charge in [-0.2, -0.15) is 13.2 Å². The highest BCUT2D eigenvalue weighted by molar-refractivity contribution is 9.10. The summed E-state index contributed by atoms with van der Waals surface area (Å²) in [4.78, 5) is 5.56. The van der Waals surface area contributed by atoms with Gasteiger partial charge in [0.25, 0.3) is 0 Å². The zero-order chi connectivity index (χ0) is 15.8. The first-order valence-electron chi connectivity index (χ1n) is 6.48. The Morgan fingerprint density at radius 1 is 1.52 bits per heavy atom. The van der Waals surface area contributed by atoms with Crippen molar-refractivity contribution in [3.05, 3.63) is 22.3 Å². The predicted octanol–water partition coefficient (Wildman–Crippen LogP) is 2.81. The van der Waals surface area contributed by atoms with Gasteiger partial charge in [-0.3, -0.25) is 0 Å². The minimum atomic E-state index is -4.47. The average Bonchev–Trinajstić information content (AvgIpc) is 2.35. The predicted molar refractivity (Wildman–Crippen MR) is 77.2 cm³/mol. The van der Waals surface area contributed by atoms with Gasteiger partial charge in [-0.05, 0) is 35.8 Å². The van der Waals surface area contributed by atoms with Gasteiger partial charge in [-0.25, -0.2) is 4.98 Å². The SMILES string of the molecule is CC1(C)CN(c2ncc(Br)cc2C(F)(F)F)CC(CN)O1. The first kappa shape index (κ1) is 16.5. The van der Waals surface area contributed by atoms with Crippen LogP contribution in [0.4, 0.5) is 19.0 Å². The first-order chi connectivity index (χ1) is 9.62. The van der Waals surface area contributed by atoms with Crippen LogP contribution >= 0.6 is 15.9 Å². The molecular weight excluding hydrogens is 351 g/mol. The highest BCUT2D eigenvalue weighted by atomic mass is 79.9. The van der Waals surface area contributed by atoms with Crippen molar-refractivity contribution < 1.29 is 17.9 Å². The summed E-state index contributed by atoms with van der Waals surface area (Å²) in [6.45, 7) is 4.51. The van der Waals surface area contributed by atoms with Crippen LogP contribution in [0.1, 0.15) is 19.4 Å². The summed E-state index contributed by atoms with van der Waals surface area (Å²) >= 11 is 3.04. The molecule has 0 aliphatic carbocycles. The van der Waals surface area contributed by atoms with Crippen LogP contribution in [-0.2, 0) is 10.9 Å². The number of pyridine rings is 1. The van der Waals surface area contributed by atoms with E-state index in [-0.39, 0.29) is 25.0 Å². The van der Waals surface area contributed by atoms with E-state index in [4.69, 9.17) is 10.5 Å². The number of ether oxygens (including phenoxy) is 1. The van der Waals surface area contributed by atoms with Gasteiger partial charge in [-0.1, -0.05) is 0 Å².